The Hall–Kier alpha value is -2.09. The Balaban J connectivity index is 2.62. The zero-order chi connectivity index (χ0) is 12.3. The first-order chi connectivity index (χ1) is 8.26. The van der Waals surface area contributed by atoms with Crippen LogP contribution in [-0.2, 0) is 11.2 Å². The molecule has 0 bridgehead atoms. The van der Waals surface area contributed by atoms with Crippen molar-refractivity contribution in [2.24, 2.45) is 0 Å². The van der Waals surface area contributed by atoms with Gasteiger partial charge in [-0.05, 0) is 17.4 Å². The Morgan fingerprint density at radius 3 is 2.76 bits per heavy atom. The van der Waals surface area contributed by atoms with E-state index in [0.717, 1.165) is 22.8 Å². The first-order valence-electron chi connectivity index (χ1n) is 5.61. The highest BCUT2D eigenvalue weighted by molar-refractivity contribution is 5.93. The molecule has 17 heavy (non-hydrogen) atoms. The molecule has 0 amide bonds. The van der Waals surface area contributed by atoms with Gasteiger partial charge in [0.2, 0.25) is 0 Å². The number of hydrogen-bond donors (Lipinski definition) is 0. The Kier molecular flexibility index (Phi) is 3.24. The third kappa shape index (κ3) is 2.21. The maximum absolute atomic E-state index is 11.4. The van der Waals surface area contributed by atoms with E-state index in [1.54, 1.807) is 0 Å². The monoisotopic (exact) mass is 226 g/mol. The van der Waals surface area contributed by atoms with Crippen molar-refractivity contribution in [3.05, 3.63) is 54.6 Å². The predicted octanol–water partition coefficient (Wildman–Crippen LogP) is 3.49. The maximum Gasteiger partial charge on any atom is 0.335 e. The third-order valence-electron chi connectivity index (χ3n) is 2.71. The zero-order valence-electron chi connectivity index (χ0n) is 9.77. The predicted molar refractivity (Wildman–Crippen MR) is 69.2 cm³/mol. The number of esters is 1. The molecule has 0 atom stereocenters. The van der Waals surface area contributed by atoms with Crippen molar-refractivity contribution in [3.63, 3.8) is 0 Å². The Morgan fingerprint density at radius 2 is 2.06 bits per heavy atom. The summed E-state index contributed by atoms with van der Waals surface area (Å²) in [6.07, 6.45) is 2.01. The molecule has 0 unspecified atom stereocenters. The fraction of sp³-hybridized carbons (Fsp3) is 0.133. The minimum absolute atomic E-state index is 0.420. The van der Waals surface area contributed by atoms with Gasteiger partial charge < -0.3 is 4.74 Å². The number of rotatable bonds is 3. The summed E-state index contributed by atoms with van der Waals surface area (Å²) in [5.74, 6) is 0.228. The lowest BCUT2D eigenvalue weighted by molar-refractivity contribution is -0.128. The molecule has 2 aromatic carbocycles. The van der Waals surface area contributed by atoms with Crippen LogP contribution >= 0.6 is 0 Å². The van der Waals surface area contributed by atoms with E-state index in [4.69, 9.17) is 4.74 Å². The van der Waals surface area contributed by atoms with E-state index in [1.807, 2.05) is 43.3 Å². The molecule has 0 saturated carbocycles. The third-order valence-corrected chi connectivity index (χ3v) is 2.71. The van der Waals surface area contributed by atoms with Crippen molar-refractivity contribution < 1.29 is 9.53 Å². The summed E-state index contributed by atoms with van der Waals surface area (Å²) in [6, 6.07) is 11.9. The minimum atomic E-state index is -0.420. The van der Waals surface area contributed by atoms with Gasteiger partial charge in [-0.2, -0.15) is 0 Å². The molecular formula is C15H14O2. The van der Waals surface area contributed by atoms with Gasteiger partial charge in [0.15, 0.2) is 0 Å². The van der Waals surface area contributed by atoms with Gasteiger partial charge in [0.05, 0.1) is 0 Å². The second-order valence-corrected chi connectivity index (χ2v) is 3.75. The summed E-state index contributed by atoms with van der Waals surface area (Å²) >= 11 is 0. The van der Waals surface area contributed by atoms with Gasteiger partial charge in [0.1, 0.15) is 5.75 Å². The smallest absolute Gasteiger partial charge is 0.335 e. The van der Waals surface area contributed by atoms with Gasteiger partial charge >= 0.3 is 5.97 Å². The molecule has 0 spiro atoms. The van der Waals surface area contributed by atoms with E-state index in [0.29, 0.717) is 5.75 Å². The summed E-state index contributed by atoms with van der Waals surface area (Å²) in [5.41, 5.74) is 1.03. The number of carbonyl (C=O) groups is 1. The molecule has 0 heterocycles. The molecule has 0 aliphatic carbocycles. The van der Waals surface area contributed by atoms with Crippen LogP contribution in [0.2, 0.25) is 0 Å². The Bertz CT molecular complexity index is 570. The molecule has 0 saturated heterocycles. The van der Waals surface area contributed by atoms with E-state index in [-0.39, 0.29) is 0 Å². The van der Waals surface area contributed by atoms with Gasteiger partial charge in [-0.1, -0.05) is 49.9 Å². The zero-order valence-corrected chi connectivity index (χ0v) is 9.77. The van der Waals surface area contributed by atoms with Crippen LogP contribution in [-0.4, -0.2) is 5.97 Å². The molecule has 0 aliphatic rings. The second-order valence-electron chi connectivity index (χ2n) is 3.75. The van der Waals surface area contributed by atoms with Crippen LogP contribution in [0.1, 0.15) is 12.5 Å². The minimum Gasteiger partial charge on any atom is -0.422 e. The van der Waals surface area contributed by atoms with Gasteiger partial charge in [-0.15, -0.1) is 0 Å². The number of hydrogen-bond acceptors (Lipinski definition) is 2. The topological polar surface area (TPSA) is 26.3 Å². The molecule has 2 nitrogen and oxygen atoms in total. The fourth-order valence-electron chi connectivity index (χ4n) is 1.83. The molecule has 0 radical (unpaired) electrons. The Morgan fingerprint density at radius 1 is 1.29 bits per heavy atom. The van der Waals surface area contributed by atoms with Crippen molar-refractivity contribution >= 4 is 16.7 Å². The SMILES string of the molecule is C=CC(=O)Oc1c(CC)ccc2ccccc12. The van der Waals surface area contributed by atoms with Crippen LogP contribution in [0.15, 0.2) is 49.1 Å². The fourth-order valence-corrected chi connectivity index (χ4v) is 1.83. The molecular weight excluding hydrogens is 212 g/mol. The normalized spacial score (nSPS) is 10.2. The highest BCUT2D eigenvalue weighted by Gasteiger charge is 2.10. The number of aryl methyl sites for hydroxylation is 1. The molecule has 0 N–H and O–H groups in total. The maximum atomic E-state index is 11.4. The lowest BCUT2D eigenvalue weighted by Crippen LogP contribution is -2.05. The summed E-state index contributed by atoms with van der Waals surface area (Å²) in [6.45, 7) is 5.45. The van der Waals surface area contributed by atoms with E-state index >= 15 is 0 Å². The van der Waals surface area contributed by atoms with Crippen molar-refractivity contribution in [2.45, 2.75) is 13.3 Å². The van der Waals surface area contributed by atoms with Crippen LogP contribution < -0.4 is 4.74 Å². The molecule has 2 rings (SSSR count). The van der Waals surface area contributed by atoms with Crippen LogP contribution in [0.4, 0.5) is 0 Å². The van der Waals surface area contributed by atoms with Crippen molar-refractivity contribution in [3.8, 4) is 5.75 Å². The van der Waals surface area contributed by atoms with Crippen LogP contribution in [0.25, 0.3) is 10.8 Å². The number of fused-ring (bicyclic) bond motifs is 1. The summed E-state index contributed by atoms with van der Waals surface area (Å²) in [5, 5.41) is 2.03. The molecule has 0 aliphatic heterocycles. The van der Waals surface area contributed by atoms with Crippen molar-refractivity contribution in [2.75, 3.05) is 0 Å². The number of ether oxygens (including phenoxy) is 1. The Labute approximate surface area is 101 Å². The number of benzene rings is 2. The van der Waals surface area contributed by atoms with Gasteiger partial charge in [0.25, 0.3) is 0 Å². The largest absolute Gasteiger partial charge is 0.422 e. The molecule has 2 heteroatoms. The van der Waals surface area contributed by atoms with Crippen LogP contribution in [0.3, 0.4) is 0 Å². The number of carbonyl (C=O) groups excluding carboxylic acids is 1. The first kappa shape index (κ1) is 11.4. The van der Waals surface area contributed by atoms with E-state index in [2.05, 4.69) is 6.58 Å². The van der Waals surface area contributed by atoms with Gasteiger partial charge in [-0.25, -0.2) is 4.79 Å². The van der Waals surface area contributed by atoms with E-state index in [9.17, 15) is 4.79 Å². The highest BCUT2D eigenvalue weighted by Crippen LogP contribution is 2.30. The van der Waals surface area contributed by atoms with E-state index < -0.39 is 5.97 Å². The quantitative estimate of drug-likeness (QED) is 0.455. The van der Waals surface area contributed by atoms with Gasteiger partial charge in [-0.3, -0.25) is 0 Å². The van der Waals surface area contributed by atoms with E-state index in [1.165, 1.54) is 6.08 Å². The van der Waals surface area contributed by atoms with Gasteiger partial charge in [0, 0.05) is 11.5 Å². The molecule has 2 aromatic rings. The molecule has 86 valence electrons. The van der Waals surface area contributed by atoms with Crippen LogP contribution in [0.5, 0.6) is 5.75 Å². The average molecular weight is 226 g/mol. The average Bonchev–Trinajstić information content (AvgIpc) is 2.39. The first-order valence-corrected chi connectivity index (χ1v) is 5.61. The summed E-state index contributed by atoms with van der Waals surface area (Å²) in [4.78, 5) is 11.4. The lowest BCUT2D eigenvalue weighted by Gasteiger charge is -2.10. The van der Waals surface area contributed by atoms with Crippen molar-refractivity contribution in [1.82, 2.24) is 0 Å². The van der Waals surface area contributed by atoms with Crippen LogP contribution in [0, 0.1) is 0 Å². The highest BCUT2D eigenvalue weighted by atomic mass is 16.5. The lowest BCUT2D eigenvalue weighted by atomic mass is 10.0. The molecule has 0 fully saturated rings. The second kappa shape index (κ2) is 4.83. The summed E-state index contributed by atoms with van der Waals surface area (Å²) < 4.78 is 5.34. The molecule has 0 aromatic heterocycles. The summed E-state index contributed by atoms with van der Waals surface area (Å²) in [7, 11) is 0. The standard InChI is InChI=1S/C15H14O2/c1-3-11-9-10-12-7-5-6-8-13(12)15(11)17-14(16)4-2/h4-10H,2-3H2,1H3. The van der Waals surface area contributed by atoms with Crippen molar-refractivity contribution in [1.29, 1.82) is 0 Å².